The van der Waals surface area contributed by atoms with Gasteiger partial charge in [-0.05, 0) is 71.2 Å². The SMILES string of the molecule is O=C(NC(=S)Nc1cccc2c(O)cccc12)c1ccc(I)cc1. The Balaban J connectivity index is 1.77. The second kappa shape index (κ2) is 7.14. The van der Waals surface area contributed by atoms with Crippen molar-refractivity contribution < 1.29 is 9.90 Å². The molecule has 0 bridgehead atoms. The number of benzene rings is 3. The van der Waals surface area contributed by atoms with Crippen LogP contribution in [0.5, 0.6) is 5.75 Å². The molecule has 0 heterocycles. The second-order valence-corrected chi connectivity index (χ2v) is 6.75. The van der Waals surface area contributed by atoms with Crippen LogP contribution in [0.25, 0.3) is 10.8 Å². The second-order valence-electron chi connectivity index (χ2n) is 5.09. The Kier molecular flexibility index (Phi) is 4.96. The number of carbonyl (C=O) groups is 1. The molecule has 6 heteroatoms. The molecule has 3 aromatic rings. The normalized spacial score (nSPS) is 10.4. The summed E-state index contributed by atoms with van der Waals surface area (Å²) in [6.45, 7) is 0. The lowest BCUT2D eigenvalue weighted by molar-refractivity contribution is 0.0977. The molecule has 0 spiro atoms. The first-order valence-corrected chi connectivity index (χ1v) is 8.62. The van der Waals surface area contributed by atoms with E-state index in [9.17, 15) is 9.90 Å². The Morgan fingerprint density at radius 3 is 2.38 bits per heavy atom. The average Bonchev–Trinajstić information content (AvgIpc) is 2.56. The van der Waals surface area contributed by atoms with Crippen molar-refractivity contribution >= 4 is 62.3 Å². The van der Waals surface area contributed by atoms with Crippen molar-refractivity contribution in [3.05, 3.63) is 69.8 Å². The van der Waals surface area contributed by atoms with Crippen LogP contribution in [0.3, 0.4) is 0 Å². The number of nitrogens with one attached hydrogen (secondary N) is 2. The lowest BCUT2D eigenvalue weighted by atomic mass is 10.1. The Morgan fingerprint density at radius 2 is 1.62 bits per heavy atom. The molecule has 0 fully saturated rings. The average molecular weight is 448 g/mol. The highest BCUT2D eigenvalue weighted by atomic mass is 127. The fourth-order valence-corrected chi connectivity index (χ4v) is 2.89. The molecule has 0 aliphatic rings. The summed E-state index contributed by atoms with van der Waals surface area (Å²) in [6.07, 6.45) is 0. The molecule has 0 unspecified atom stereocenters. The number of halogens is 1. The highest BCUT2D eigenvalue weighted by Gasteiger charge is 2.09. The molecule has 3 N–H and O–H groups in total. The Bertz CT molecular complexity index is 926. The number of anilines is 1. The summed E-state index contributed by atoms with van der Waals surface area (Å²) in [4.78, 5) is 12.2. The van der Waals surface area contributed by atoms with E-state index in [1.165, 1.54) is 0 Å². The zero-order chi connectivity index (χ0) is 17.1. The molecule has 0 aliphatic heterocycles. The number of amides is 1. The van der Waals surface area contributed by atoms with Crippen LogP contribution >= 0.6 is 34.8 Å². The van der Waals surface area contributed by atoms with Gasteiger partial charge in [0.1, 0.15) is 5.75 Å². The van der Waals surface area contributed by atoms with Gasteiger partial charge in [0.2, 0.25) is 0 Å². The summed E-state index contributed by atoms with van der Waals surface area (Å²) in [5, 5.41) is 17.3. The summed E-state index contributed by atoms with van der Waals surface area (Å²) < 4.78 is 1.06. The molecule has 0 saturated heterocycles. The molecule has 0 aromatic heterocycles. The van der Waals surface area contributed by atoms with Gasteiger partial charge in [-0.3, -0.25) is 10.1 Å². The molecular weight excluding hydrogens is 435 g/mol. The first-order valence-electron chi connectivity index (χ1n) is 7.13. The van der Waals surface area contributed by atoms with Crippen molar-refractivity contribution in [1.29, 1.82) is 0 Å². The number of phenolic OH excluding ortho intramolecular Hbond substituents is 1. The molecule has 3 rings (SSSR count). The molecule has 4 nitrogen and oxygen atoms in total. The van der Waals surface area contributed by atoms with E-state index in [1.807, 2.05) is 36.4 Å². The predicted molar refractivity (Wildman–Crippen MR) is 108 cm³/mol. The van der Waals surface area contributed by atoms with Gasteiger partial charge in [-0.15, -0.1) is 0 Å². The number of rotatable bonds is 2. The Hall–Kier alpha value is -2.19. The van der Waals surface area contributed by atoms with Gasteiger partial charge in [0.05, 0.1) is 0 Å². The summed E-state index contributed by atoms with van der Waals surface area (Å²) in [7, 11) is 0. The van der Waals surface area contributed by atoms with Crippen molar-refractivity contribution in [1.82, 2.24) is 5.32 Å². The van der Waals surface area contributed by atoms with Gasteiger partial charge >= 0.3 is 0 Å². The molecular formula is C18H13IN2O2S. The van der Waals surface area contributed by atoms with E-state index in [0.717, 1.165) is 14.6 Å². The zero-order valence-corrected chi connectivity index (χ0v) is 15.4. The highest BCUT2D eigenvalue weighted by Crippen LogP contribution is 2.29. The smallest absolute Gasteiger partial charge is 0.257 e. The molecule has 0 radical (unpaired) electrons. The quantitative estimate of drug-likeness (QED) is 0.405. The summed E-state index contributed by atoms with van der Waals surface area (Å²) in [6, 6.07) is 18.0. The minimum atomic E-state index is -0.271. The van der Waals surface area contributed by atoms with E-state index in [0.29, 0.717) is 10.9 Å². The van der Waals surface area contributed by atoms with Crippen LogP contribution in [0.1, 0.15) is 10.4 Å². The van der Waals surface area contributed by atoms with Crippen LogP contribution in [-0.4, -0.2) is 16.1 Å². The maximum Gasteiger partial charge on any atom is 0.257 e. The monoisotopic (exact) mass is 448 g/mol. The standard InChI is InChI=1S/C18H13IN2O2S/c19-12-9-7-11(8-10-12)17(23)21-18(24)20-15-5-1-4-14-13(15)3-2-6-16(14)22/h1-10,22H,(H2,20,21,23,24). The maximum atomic E-state index is 12.2. The van der Waals surface area contributed by atoms with Gasteiger partial charge in [-0.2, -0.15) is 0 Å². The predicted octanol–water partition coefficient (Wildman–Crippen LogP) is 4.28. The van der Waals surface area contributed by atoms with Gasteiger partial charge in [0.15, 0.2) is 5.11 Å². The third kappa shape index (κ3) is 3.65. The van der Waals surface area contributed by atoms with E-state index in [1.54, 1.807) is 24.3 Å². The fourth-order valence-electron chi connectivity index (χ4n) is 2.33. The van der Waals surface area contributed by atoms with Crippen molar-refractivity contribution in [3.63, 3.8) is 0 Å². The number of thiocarbonyl (C=S) groups is 1. The highest BCUT2D eigenvalue weighted by molar-refractivity contribution is 14.1. The molecule has 0 saturated carbocycles. The number of hydrogen-bond acceptors (Lipinski definition) is 3. The third-order valence-electron chi connectivity index (χ3n) is 3.48. The number of hydrogen-bond donors (Lipinski definition) is 3. The lowest BCUT2D eigenvalue weighted by Gasteiger charge is -2.12. The van der Waals surface area contributed by atoms with Crippen LogP contribution in [0.4, 0.5) is 5.69 Å². The molecule has 120 valence electrons. The van der Waals surface area contributed by atoms with Crippen molar-refractivity contribution in [3.8, 4) is 5.75 Å². The first kappa shape index (κ1) is 16.7. The van der Waals surface area contributed by atoms with Gasteiger partial charge in [-0.1, -0.05) is 24.3 Å². The molecule has 24 heavy (non-hydrogen) atoms. The van der Waals surface area contributed by atoms with Crippen LogP contribution in [-0.2, 0) is 0 Å². The van der Waals surface area contributed by atoms with Crippen LogP contribution in [0.2, 0.25) is 0 Å². The number of aromatic hydroxyl groups is 1. The summed E-state index contributed by atoms with van der Waals surface area (Å²) in [5.74, 6) is -0.0722. The Labute approximate surface area is 158 Å². The molecule has 3 aromatic carbocycles. The maximum absolute atomic E-state index is 12.2. The fraction of sp³-hybridized carbons (Fsp3) is 0. The summed E-state index contributed by atoms with van der Waals surface area (Å²) in [5.41, 5.74) is 1.26. The van der Waals surface area contributed by atoms with E-state index in [4.69, 9.17) is 12.2 Å². The minimum absolute atomic E-state index is 0.199. The molecule has 1 amide bonds. The van der Waals surface area contributed by atoms with Gasteiger partial charge < -0.3 is 10.4 Å². The summed E-state index contributed by atoms with van der Waals surface area (Å²) >= 11 is 7.41. The van der Waals surface area contributed by atoms with Gasteiger partial charge in [0.25, 0.3) is 5.91 Å². The van der Waals surface area contributed by atoms with Gasteiger partial charge in [-0.25, -0.2) is 0 Å². The molecule has 0 atom stereocenters. The molecule has 0 aliphatic carbocycles. The number of phenols is 1. The third-order valence-corrected chi connectivity index (χ3v) is 4.40. The van der Waals surface area contributed by atoms with Crippen LogP contribution < -0.4 is 10.6 Å². The lowest BCUT2D eigenvalue weighted by Crippen LogP contribution is -2.34. The van der Waals surface area contributed by atoms with Crippen LogP contribution in [0.15, 0.2) is 60.7 Å². The van der Waals surface area contributed by atoms with Gasteiger partial charge in [0, 0.05) is 25.6 Å². The minimum Gasteiger partial charge on any atom is -0.507 e. The first-order chi connectivity index (χ1) is 11.5. The van der Waals surface area contributed by atoms with E-state index in [2.05, 4.69) is 33.2 Å². The largest absolute Gasteiger partial charge is 0.507 e. The Morgan fingerprint density at radius 1 is 0.958 bits per heavy atom. The van der Waals surface area contributed by atoms with Crippen molar-refractivity contribution in [2.24, 2.45) is 0 Å². The number of carbonyl (C=O) groups excluding carboxylic acids is 1. The van der Waals surface area contributed by atoms with E-state index >= 15 is 0 Å². The topological polar surface area (TPSA) is 61.4 Å². The van der Waals surface area contributed by atoms with Crippen molar-refractivity contribution in [2.45, 2.75) is 0 Å². The zero-order valence-electron chi connectivity index (χ0n) is 12.4. The van der Waals surface area contributed by atoms with Crippen LogP contribution in [0, 0.1) is 3.57 Å². The van der Waals surface area contributed by atoms with E-state index < -0.39 is 0 Å². The number of fused-ring (bicyclic) bond motifs is 1. The van der Waals surface area contributed by atoms with Crippen molar-refractivity contribution in [2.75, 3.05) is 5.32 Å². The van der Waals surface area contributed by atoms with E-state index in [-0.39, 0.29) is 16.8 Å².